The standard InChI is InChI=1S/C13H17FN2O/c1-9(2)16-11(7-15)8-17-12-5-4-10(3)13(14)6-12/h4-6,9,11,16H,8H2,1-3H3. The smallest absolute Gasteiger partial charge is 0.130 e. The van der Waals surface area contributed by atoms with Crippen LogP contribution in [0.5, 0.6) is 5.75 Å². The summed E-state index contributed by atoms with van der Waals surface area (Å²) in [6, 6.07) is 6.60. The Morgan fingerprint density at radius 3 is 2.71 bits per heavy atom. The molecular formula is C13H17FN2O. The maximum Gasteiger partial charge on any atom is 0.130 e. The molecule has 1 atom stereocenters. The number of hydrogen-bond acceptors (Lipinski definition) is 3. The van der Waals surface area contributed by atoms with Crippen LogP contribution in [0.4, 0.5) is 4.39 Å². The first-order valence-electron chi connectivity index (χ1n) is 5.57. The van der Waals surface area contributed by atoms with Crippen molar-refractivity contribution < 1.29 is 9.13 Å². The Morgan fingerprint density at radius 1 is 1.47 bits per heavy atom. The zero-order chi connectivity index (χ0) is 12.8. The average molecular weight is 236 g/mol. The van der Waals surface area contributed by atoms with Crippen molar-refractivity contribution in [1.29, 1.82) is 5.26 Å². The Hall–Kier alpha value is -1.60. The first-order chi connectivity index (χ1) is 8.02. The lowest BCUT2D eigenvalue weighted by molar-refractivity contribution is 0.281. The van der Waals surface area contributed by atoms with Gasteiger partial charge in [-0.3, -0.25) is 5.32 Å². The van der Waals surface area contributed by atoms with Gasteiger partial charge < -0.3 is 4.74 Å². The summed E-state index contributed by atoms with van der Waals surface area (Å²) in [4.78, 5) is 0. The maximum absolute atomic E-state index is 13.2. The molecule has 0 heterocycles. The minimum absolute atomic E-state index is 0.206. The van der Waals surface area contributed by atoms with Crippen LogP contribution in [-0.2, 0) is 0 Å². The van der Waals surface area contributed by atoms with Crippen molar-refractivity contribution in [3.63, 3.8) is 0 Å². The highest BCUT2D eigenvalue weighted by Crippen LogP contribution is 2.15. The fraction of sp³-hybridized carbons (Fsp3) is 0.462. The number of halogens is 1. The molecule has 17 heavy (non-hydrogen) atoms. The van der Waals surface area contributed by atoms with Gasteiger partial charge in [-0.2, -0.15) is 5.26 Å². The van der Waals surface area contributed by atoms with Gasteiger partial charge in [-0.25, -0.2) is 4.39 Å². The summed E-state index contributed by atoms with van der Waals surface area (Å²) < 4.78 is 18.6. The molecule has 0 aliphatic carbocycles. The highest BCUT2D eigenvalue weighted by atomic mass is 19.1. The van der Waals surface area contributed by atoms with Crippen molar-refractivity contribution in [3.8, 4) is 11.8 Å². The van der Waals surface area contributed by atoms with E-state index in [0.29, 0.717) is 11.3 Å². The molecule has 3 nitrogen and oxygen atoms in total. The number of aryl methyl sites for hydroxylation is 1. The van der Waals surface area contributed by atoms with Crippen LogP contribution in [0.25, 0.3) is 0 Å². The lowest BCUT2D eigenvalue weighted by atomic mass is 10.2. The number of rotatable bonds is 5. The zero-order valence-electron chi connectivity index (χ0n) is 10.3. The summed E-state index contributed by atoms with van der Waals surface area (Å²) in [5.74, 6) is 0.145. The van der Waals surface area contributed by atoms with Gasteiger partial charge in [0.15, 0.2) is 0 Å². The van der Waals surface area contributed by atoms with Crippen LogP contribution < -0.4 is 10.1 Å². The van der Waals surface area contributed by atoms with E-state index in [1.807, 2.05) is 13.8 Å². The summed E-state index contributed by atoms with van der Waals surface area (Å²) in [5, 5.41) is 11.9. The number of ether oxygens (including phenoxy) is 1. The molecule has 0 radical (unpaired) electrons. The largest absolute Gasteiger partial charge is 0.491 e. The molecule has 0 amide bonds. The normalized spacial score (nSPS) is 12.2. The van der Waals surface area contributed by atoms with Crippen LogP contribution in [0.3, 0.4) is 0 Å². The number of nitriles is 1. The maximum atomic E-state index is 13.2. The van der Waals surface area contributed by atoms with E-state index >= 15 is 0 Å². The van der Waals surface area contributed by atoms with Gasteiger partial charge >= 0.3 is 0 Å². The lowest BCUT2D eigenvalue weighted by Crippen LogP contribution is -2.37. The lowest BCUT2D eigenvalue weighted by Gasteiger charge is -2.15. The molecule has 92 valence electrons. The van der Waals surface area contributed by atoms with Crippen LogP contribution in [0, 0.1) is 24.1 Å². The Bertz CT molecular complexity index is 412. The van der Waals surface area contributed by atoms with Gasteiger partial charge in [0, 0.05) is 12.1 Å². The van der Waals surface area contributed by atoms with Crippen molar-refractivity contribution in [2.45, 2.75) is 32.9 Å². The topological polar surface area (TPSA) is 45.0 Å². The SMILES string of the molecule is Cc1ccc(OCC(C#N)NC(C)C)cc1F. The van der Waals surface area contributed by atoms with Crippen LogP contribution in [0.1, 0.15) is 19.4 Å². The second kappa shape index (κ2) is 6.21. The van der Waals surface area contributed by atoms with Crippen molar-refractivity contribution in [2.75, 3.05) is 6.61 Å². The summed E-state index contributed by atoms with van der Waals surface area (Å²) in [7, 11) is 0. The third-order valence-corrected chi connectivity index (χ3v) is 2.25. The summed E-state index contributed by atoms with van der Waals surface area (Å²) in [6.45, 7) is 5.81. The predicted octanol–water partition coefficient (Wildman–Crippen LogP) is 2.40. The molecule has 1 rings (SSSR count). The molecule has 0 fully saturated rings. The highest BCUT2D eigenvalue weighted by molar-refractivity contribution is 5.28. The van der Waals surface area contributed by atoms with E-state index in [4.69, 9.17) is 10.00 Å². The van der Waals surface area contributed by atoms with Crippen LogP contribution >= 0.6 is 0 Å². The Morgan fingerprint density at radius 2 is 2.18 bits per heavy atom. The molecule has 0 saturated carbocycles. The van der Waals surface area contributed by atoms with Gasteiger partial charge in [0.2, 0.25) is 0 Å². The van der Waals surface area contributed by atoms with E-state index in [2.05, 4.69) is 11.4 Å². The fourth-order valence-electron chi connectivity index (χ4n) is 1.37. The van der Waals surface area contributed by atoms with E-state index in [9.17, 15) is 4.39 Å². The number of benzene rings is 1. The first kappa shape index (κ1) is 13.5. The molecule has 1 N–H and O–H groups in total. The van der Waals surface area contributed by atoms with Gasteiger partial charge in [0.05, 0.1) is 6.07 Å². The molecule has 0 spiro atoms. The number of nitrogens with one attached hydrogen (secondary N) is 1. The second-order valence-corrected chi connectivity index (χ2v) is 4.23. The average Bonchev–Trinajstić information content (AvgIpc) is 2.28. The third kappa shape index (κ3) is 4.41. The van der Waals surface area contributed by atoms with Gasteiger partial charge in [-0.1, -0.05) is 6.07 Å². The molecule has 1 unspecified atom stereocenters. The van der Waals surface area contributed by atoms with Crippen molar-refractivity contribution in [1.82, 2.24) is 5.32 Å². The third-order valence-electron chi connectivity index (χ3n) is 2.25. The summed E-state index contributed by atoms with van der Waals surface area (Å²) in [6.07, 6.45) is 0. The predicted molar refractivity (Wildman–Crippen MR) is 64.3 cm³/mol. The molecule has 0 saturated heterocycles. The Labute approximate surface area is 101 Å². The molecule has 0 aliphatic heterocycles. The minimum atomic E-state index is -0.389. The Balaban J connectivity index is 2.54. The molecule has 1 aromatic carbocycles. The zero-order valence-corrected chi connectivity index (χ0v) is 10.3. The van der Waals surface area contributed by atoms with Gasteiger partial charge in [-0.15, -0.1) is 0 Å². The van der Waals surface area contributed by atoms with Crippen molar-refractivity contribution in [2.24, 2.45) is 0 Å². The number of nitrogens with zero attached hydrogens (tertiary/aromatic N) is 1. The molecular weight excluding hydrogens is 219 g/mol. The first-order valence-corrected chi connectivity index (χ1v) is 5.57. The number of hydrogen-bond donors (Lipinski definition) is 1. The Kier molecular flexibility index (Phi) is 4.92. The van der Waals surface area contributed by atoms with E-state index in [1.54, 1.807) is 19.1 Å². The summed E-state index contributed by atoms with van der Waals surface area (Å²) in [5.41, 5.74) is 0.578. The molecule has 0 aromatic heterocycles. The molecule has 4 heteroatoms. The molecule has 0 aliphatic rings. The van der Waals surface area contributed by atoms with Crippen LogP contribution in [0.2, 0.25) is 0 Å². The van der Waals surface area contributed by atoms with Crippen LogP contribution in [0.15, 0.2) is 18.2 Å². The molecule has 0 bridgehead atoms. The molecule has 1 aromatic rings. The van der Waals surface area contributed by atoms with Gasteiger partial charge in [-0.05, 0) is 32.4 Å². The van der Waals surface area contributed by atoms with E-state index in [0.717, 1.165) is 0 Å². The minimum Gasteiger partial charge on any atom is -0.491 e. The van der Waals surface area contributed by atoms with E-state index < -0.39 is 0 Å². The van der Waals surface area contributed by atoms with Crippen molar-refractivity contribution >= 4 is 0 Å². The van der Waals surface area contributed by atoms with Gasteiger partial charge in [0.25, 0.3) is 0 Å². The van der Waals surface area contributed by atoms with Crippen LogP contribution in [-0.4, -0.2) is 18.7 Å². The van der Waals surface area contributed by atoms with Gasteiger partial charge in [0.1, 0.15) is 24.2 Å². The highest BCUT2D eigenvalue weighted by Gasteiger charge is 2.09. The monoisotopic (exact) mass is 236 g/mol. The second-order valence-electron chi connectivity index (χ2n) is 4.23. The summed E-state index contributed by atoms with van der Waals surface area (Å²) >= 11 is 0. The quantitative estimate of drug-likeness (QED) is 0.853. The van der Waals surface area contributed by atoms with Crippen molar-refractivity contribution in [3.05, 3.63) is 29.6 Å². The van der Waals surface area contributed by atoms with E-state index in [1.165, 1.54) is 6.07 Å². The van der Waals surface area contributed by atoms with E-state index in [-0.39, 0.29) is 24.5 Å². The fourth-order valence-corrected chi connectivity index (χ4v) is 1.37.